The highest BCUT2D eigenvalue weighted by Crippen LogP contribution is 2.24. The van der Waals surface area contributed by atoms with Gasteiger partial charge in [-0.1, -0.05) is 37.6 Å². The lowest BCUT2D eigenvalue weighted by molar-refractivity contribution is -0.118. The van der Waals surface area contributed by atoms with Crippen molar-refractivity contribution in [3.05, 3.63) is 29.3 Å². The van der Waals surface area contributed by atoms with Gasteiger partial charge >= 0.3 is 0 Å². The number of nitrogens with zero attached hydrogens (tertiary/aromatic N) is 1. The van der Waals surface area contributed by atoms with Crippen molar-refractivity contribution in [1.82, 2.24) is 0 Å². The van der Waals surface area contributed by atoms with Crippen LogP contribution < -0.4 is 4.90 Å². The van der Waals surface area contributed by atoms with E-state index in [2.05, 4.69) is 13.8 Å². The minimum absolute atomic E-state index is 0.113. The molecule has 88 valence electrons. The monoisotopic (exact) mass is 239 g/mol. The van der Waals surface area contributed by atoms with Crippen molar-refractivity contribution in [1.29, 1.82) is 0 Å². The Bertz CT molecular complexity index is 363. The topological polar surface area (TPSA) is 20.3 Å². The molecule has 3 heteroatoms. The zero-order valence-electron chi connectivity index (χ0n) is 10.0. The molecule has 0 saturated heterocycles. The van der Waals surface area contributed by atoms with Gasteiger partial charge in [0.2, 0.25) is 5.91 Å². The van der Waals surface area contributed by atoms with E-state index in [9.17, 15) is 4.79 Å². The van der Waals surface area contributed by atoms with Gasteiger partial charge in [0.15, 0.2) is 0 Å². The van der Waals surface area contributed by atoms with Gasteiger partial charge in [-0.05, 0) is 24.5 Å². The molecule has 0 unspecified atom stereocenters. The van der Waals surface area contributed by atoms with Crippen molar-refractivity contribution in [2.45, 2.75) is 26.7 Å². The highest BCUT2D eigenvalue weighted by molar-refractivity contribution is 6.33. The molecule has 1 aromatic rings. The average molecular weight is 240 g/mol. The maximum Gasteiger partial charge on any atom is 0.226 e. The molecule has 1 amide bonds. The molecule has 0 radical (unpaired) electrons. The predicted octanol–water partition coefficient (Wildman–Crippen LogP) is 3.74. The summed E-state index contributed by atoms with van der Waals surface area (Å²) in [5.41, 5.74) is 0.776. The summed E-state index contributed by atoms with van der Waals surface area (Å²) < 4.78 is 0. The third-order valence-electron chi connectivity index (χ3n) is 2.52. The fourth-order valence-corrected chi connectivity index (χ4v) is 1.70. The van der Waals surface area contributed by atoms with Crippen LogP contribution in [0.4, 0.5) is 5.69 Å². The van der Waals surface area contributed by atoms with Gasteiger partial charge in [0.05, 0.1) is 10.7 Å². The van der Waals surface area contributed by atoms with Gasteiger partial charge in [-0.25, -0.2) is 0 Å². The van der Waals surface area contributed by atoms with Crippen LogP contribution in [0, 0.1) is 5.92 Å². The summed E-state index contributed by atoms with van der Waals surface area (Å²) in [4.78, 5) is 13.5. The molecule has 0 spiro atoms. The Balaban J connectivity index is 2.67. The molecule has 0 aliphatic carbocycles. The highest BCUT2D eigenvalue weighted by Gasteiger charge is 2.13. The van der Waals surface area contributed by atoms with Crippen LogP contribution in [0.15, 0.2) is 24.3 Å². The fourth-order valence-electron chi connectivity index (χ4n) is 1.44. The molecule has 1 aromatic carbocycles. The van der Waals surface area contributed by atoms with E-state index < -0.39 is 0 Å². The number of rotatable bonds is 4. The van der Waals surface area contributed by atoms with E-state index in [0.29, 0.717) is 17.4 Å². The van der Waals surface area contributed by atoms with Crippen LogP contribution in [-0.2, 0) is 4.79 Å². The van der Waals surface area contributed by atoms with Gasteiger partial charge in [0.1, 0.15) is 0 Å². The minimum atomic E-state index is 0.113. The summed E-state index contributed by atoms with van der Waals surface area (Å²) in [6, 6.07) is 7.39. The maximum atomic E-state index is 11.9. The largest absolute Gasteiger partial charge is 0.314 e. The molecule has 0 aliphatic rings. The molecule has 0 aromatic heterocycles. The normalized spacial score (nSPS) is 10.6. The molecular formula is C13H18ClNO. The average Bonchev–Trinajstić information content (AvgIpc) is 2.25. The summed E-state index contributed by atoms with van der Waals surface area (Å²) in [6.45, 7) is 4.23. The van der Waals surface area contributed by atoms with Crippen molar-refractivity contribution < 1.29 is 4.79 Å². The van der Waals surface area contributed by atoms with Crippen LogP contribution in [0.25, 0.3) is 0 Å². The zero-order chi connectivity index (χ0) is 12.1. The van der Waals surface area contributed by atoms with Crippen molar-refractivity contribution in [2.24, 2.45) is 5.92 Å². The van der Waals surface area contributed by atoms with Crippen molar-refractivity contribution in [2.75, 3.05) is 11.9 Å². The second-order valence-electron chi connectivity index (χ2n) is 4.34. The van der Waals surface area contributed by atoms with Gasteiger partial charge in [-0.15, -0.1) is 0 Å². The maximum absolute atomic E-state index is 11.9. The molecule has 0 aliphatic heterocycles. The lowest BCUT2D eigenvalue weighted by Gasteiger charge is -2.19. The van der Waals surface area contributed by atoms with Gasteiger partial charge < -0.3 is 4.90 Å². The Kier molecular flexibility index (Phi) is 4.81. The molecule has 1 rings (SSSR count). The van der Waals surface area contributed by atoms with E-state index in [-0.39, 0.29) is 5.91 Å². The number of amides is 1. The Morgan fingerprint density at radius 3 is 2.56 bits per heavy atom. The van der Waals surface area contributed by atoms with Crippen molar-refractivity contribution in [3.8, 4) is 0 Å². The second-order valence-corrected chi connectivity index (χ2v) is 4.74. The first-order valence-electron chi connectivity index (χ1n) is 5.53. The molecular weight excluding hydrogens is 222 g/mol. The Labute approximate surface area is 102 Å². The van der Waals surface area contributed by atoms with Crippen LogP contribution >= 0.6 is 11.6 Å². The quantitative estimate of drug-likeness (QED) is 0.784. The first-order valence-corrected chi connectivity index (χ1v) is 5.91. The highest BCUT2D eigenvalue weighted by atomic mass is 35.5. The Morgan fingerprint density at radius 2 is 2.00 bits per heavy atom. The summed E-state index contributed by atoms with van der Waals surface area (Å²) in [5.74, 6) is 0.658. The fraction of sp³-hybridized carbons (Fsp3) is 0.462. The van der Waals surface area contributed by atoms with Gasteiger partial charge in [0.25, 0.3) is 0 Å². The number of halogens is 1. The van der Waals surface area contributed by atoms with Crippen LogP contribution in [-0.4, -0.2) is 13.0 Å². The van der Waals surface area contributed by atoms with E-state index in [0.717, 1.165) is 12.1 Å². The molecule has 0 atom stereocenters. The van der Waals surface area contributed by atoms with E-state index in [4.69, 9.17) is 11.6 Å². The predicted molar refractivity (Wildman–Crippen MR) is 68.9 cm³/mol. The molecule has 16 heavy (non-hydrogen) atoms. The van der Waals surface area contributed by atoms with Crippen molar-refractivity contribution >= 4 is 23.2 Å². The van der Waals surface area contributed by atoms with E-state index in [1.807, 2.05) is 18.2 Å². The first-order chi connectivity index (χ1) is 7.52. The minimum Gasteiger partial charge on any atom is -0.314 e. The standard InChI is InChI=1S/C13H18ClNO/c1-10(2)8-9-13(16)15(3)12-7-5-4-6-11(12)14/h4-7,10H,8-9H2,1-3H3. The van der Waals surface area contributed by atoms with E-state index >= 15 is 0 Å². The third-order valence-corrected chi connectivity index (χ3v) is 2.84. The molecule has 2 nitrogen and oxygen atoms in total. The third kappa shape index (κ3) is 3.53. The number of benzene rings is 1. The smallest absolute Gasteiger partial charge is 0.226 e. The molecule has 0 saturated carbocycles. The lowest BCUT2D eigenvalue weighted by Crippen LogP contribution is -2.26. The van der Waals surface area contributed by atoms with Crippen LogP contribution in [0.2, 0.25) is 5.02 Å². The second kappa shape index (κ2) is 5.90. The number of carbonyl (C=O) groups excluding carboxylic acids is 1. The Hall–Kier alpha value is -1.02. The molecule has 0 N–H and O–H groups in total. The number of anilines is 1. The van der Waals surface area contributed by atoms with Crippen molar-refractivity contribution in [3.63, 3.8) is 0 Å². The van der Waals surface area contributed by atoms with Gasteiger partial charge in [-0.3, -0.25) is 4.79 Å². The number of hydrogen-bond acceptors (Lipinski definition) is 1. The van der Waals surface area contributed by atoms with Crippen LogP contribution in [0.1, 0.15) is 26.7 Å². The van der Waals surface area contributed by atoms with E-state index in [1.54, 1.807) is 18.0 Å². The lowest BCUT2D eigenvalue weighted by atomic mass is 10.1. The molecule has 0 bridgehead atoms. The Morgan fingerprint density at radius 1 is 1.38 bits per heavy atom. The number of para-hydroxylation sites is 1. The van der Waals surface area contributed by atoms with Gasteiger partial charge in [-0.2, -0.15) is 0 Å². The number of carbonyl (C=O) groups is 1. The summed E-state index contributed by atoms with van der Waals surface area (Å²) in [5, 5.41) is 0.614. The van der Waals surface area contributed by atoms with Crippen LogP contribution in [0.5, 0.6) is 0 Å². The molecule has 0 heterocycles. The van der Waals surface area contributed by atoms with Crippen LogP contribution in [0.3, 0.4) is 0 Å². The van der Waals surface area contributed by atoms with Gasteiger partial charge in [0, 0.05) is 13.5 Å². The molecule has 0 fully saturated rings. The summed E-state index contributed by atoms with van der Waals surface area (Å²) in [6.07, 6.45) is 1.48. The SMILES string of the molecule is CC(C)CCC(=O)N(C)c1ccccc1Cl. The van der Waals surface area contributed by atoms with E-state index in [1.165, 1.54) is 0 Å². The first kappa shape index (κ1) is 13.0. The number of hydrogen-bond donors (Lipinski definition) is 0. The summed E-state index contributed by atoms with van der Waals surface area (Å²) >= 11 is 6.03. The summed E-state index contributed by atoms with van der Waals surface area (Å²) in [7, 11) is 1.77. The zero-order valence-corrected chi connectivity index (χ0v) is 10.8.